The number of hydrogen-bond acceptors (Lipinski definition) is 7. The van der Waals surface area contributed by atoms with E-state index in [1.807, 2.05) is 13.8 Å². The quantitative estimate of drug-likeness (QED) is 0.174. The molecule has 1 heterocycles. The molecule has 1 aliphatic heterocycles. The third-order valence-electron chi connectivity index (χ3n) is 8.07. The van der Waals surface area contributed by atoms with Crippen molar-refractivity contribution in [1.82, 2.24) is 20.9 Å². The molecule has 12 nitrogen and oxygen atoms in total. The molecule has 280 valence electrons. The molecular weight excluding hydrogens is 713 g/mol. The third kappa shape index (κ3) is 12.6. The summed E-state index contributed by atoms with van der Waals surface area (Å²) in [7, 11) is 0. The van der Waals surface area contributed by atoms with Crippen LogP contribution in [0.3, 0.4) is 0 Å². The second-order valence-corrected chi connectivity index (χ2v) is 13.8. The van der Waals surface area contributed by atoms with Crippen molar-refractivity contribution in [3.05, 3.63) is 69.2 Å². The average molecular weight is 758 g/mol. The fourth-order valence-corrected chi connectivity index (χ4v) is 5.94. The highest BCUT2D eigenvalue weighted by Crippen LogP contribution is 2.26. The first-order valence-corrected chi connectivity index (χ1v) is 17.3. The first-order valence-electron chi connectivity index (χ1n) is 16.5. The van der Waals surface area contributed by atoms with Crippen LogP contribution in [0.2, 0.25) is 10.0 Å². The Morgan fingerprint density at radius 1 is 0.980 bits per heavy atom. The maximum Gasteiger partial charge on any atom is 0.407 e. The topological polar surface area (TPSA) is 163 Å². The summed E-state index contributed by atoms with van der Waals surface area (Å²) in [6.45, 7) is 7.12. The van der Waals surface area contributed by atoms with Crippen LogP contribution in [0.15, 0.2) is 42.5 Å². The van der Waals surface area contributed by atoms with Gasteiger partial charge in [0.1, 0.15) is 18.1 Å². The Morgan fingerprint density at radius 2 is 1.63 bits per heavy atom. The number of rotatable bonds is 17. The molecule has 4 N–H and O–H groups in total. The average Bonchev–Trinajstić information content (AvgIpc) is 3.50. The summed E-state index contributed by atoms with van der Waals surface area (Å²) in [4.78, 5) is 65.8. The number of nitrogens with one attached hydrogen (secondary N) is 3. The van der Waals surface area contributed by atoms with Gasteiger partial charge in [-0.2, -0.15) is 0 Å². The molecule has 2 aromatic carbocycles. The minimum Gasteiger partial charge on any atom is -0.478 e. The van der Waals surface area contributed by atoms with Gasteiger partial charge in [0.05, 0.1) is 24.9 Å². The van der Waals surface area contributed by atoms with Crippen LogP contribution >= 0.6 is 23.2 Å². The van der Waals surface area contributed by atoms with Gasteiger partial charge in [0.25, 0.3) is 0 Å². The van der Waals surface area contributed by atoms with E-state index in [0.29, 0.717) is 21.2 Å². The summed E-state index contributed by atoms with van der Waals surface area (Å²) in [6, 6.07) is 6.87. The van der Waals surface area contributed by atoms with Crippen LogP contribution in [-0.4, -0.2) is 90.1 Å². The van der Waals surface area contributed by atoms with Crippen LogP contribution in [0.25, 0.3) is 0 Å². The van der Waals surface area contributed by atoms with E-state index in [4.69, 9.17) is 32.7 Å². The third-order valence-corrected chi connectivity index (χ3v) is 8.78. The van der Waals surface area contributed by atoms with Gasteiger partial charge in [0.15, 0.2) is 0 Å². The zero-order chi connectivity index (χ0) is 37.8. The lowest BCUT2D eigenvalue weighted by atomic mass is 10.0. The lowest BCUT2D eigenvalue weighted by molar-refractivity contribution is -0.141. The van der Waals surface area contributed by atoms with E-state index in [1.54, 1.807) is 44.2 Å². The summed E-state index contributed by atoms with van der Waals surface area (Å²) in [5, 5.41) is 17.4. The van der Waals surface area contributed by atoms with Gasteiger partial charge in [-0.05, 0) is 53.6 Å². The van der Waals surface area contributed by atoms with Crippen molar-refractivity contribution >= 4 is 53.0 Å². The Morgan fingerprint density at radius 3 is 2.20 bits per heavy atom. The molecule has 0 aromatic heterocycles. The molecule has 0 aliphatic carbocycles. The number of carbonyl (C=O) groups is 5. The summed E-state index contributed by atoms with van der Waals surface area (Å²) < 4.78 is 38.5. The Kier molecular flexibility index (Phi) is 15.9. The number of carboxylic acid groups (broad SMARTS) is 1. The second-order valence-electron chi connectivity index (χ2n) is 13.0. The SMILES string of the molecule is CC(C)COC(=O)N[C@H](C(=O)N1C[C@H](OCc2ccc(C(=O)O)cc2)C[C@H]1C(=O)N[C@@H](CC(F)F)C(=O)NCCc1c(Cl)cccc1Cl)C(C)C. The van der Waals surface area contributed by atoms with E-state index < -0.39 is 72.8 Å². The summed E-state index contributed by atoms with van der Waals surface area (Å²) in [5.74, 6) is -3.85. The molecule has 16 heteroatoms. The van der Waals surface area contributed by atoms with E-state index in [9.17, 15) is 37.9 Å². The van der Waals surface area contributed by atoms with Crippen molar-refractivity contribution in [3.8, 4) is 0 Å². The van der Waals surface area contributed by atoms with Gasteiger partial charge in [-0.1, -0.05) is 69.1 Å². The Bertz CT molecular complexity index is 1510. The minimum atomic E-state index is -2.95. The van der Waals surface area contributed by atoms with Crippen LogP contribution in [-0.2, 0) is 36.9 Å². The molecule has 3 rings (SSSR count). The predicted molar refractivity (Wildman–Crippen MR) is 186 cm³/mol. The zero-order valence-electron chi connectivity index (χ0n) is 28.8. The van der Waals surface area contributed by atoms with Crippen molar-refractivity contribution < 1.29 is 47.3 Å². The number of hydrogen-bond donors (Lipinski definition) is 4. The summed E-state index contributed by atoms with van der Waals surface area (Å²) in [6.07, 6.45) is -5.33. The number of likely N-dealkylation sites (tertiary alicyclic amines) is 1. The second kappa shape index (κ2) is 19.6. The lowest BCUT2D eigenvalue weighted by Gasteiger charge is -2.31. The van der Waals surface area contributed by atoms with E-state index >= 15 is 0 Å². The molecule has 4 amide bonds. The van der Waals surface area contributed by atoms with Gasteiger partial charge in [0, 0.05) is 36.0 Å². The molecule has 1 fully saturated rings. The largest absolute Gasteiger partial charge is 0.478 e. The predicted octanol–water partition coefficient (Wildman–Crippen LogP) is 5.08. The van der Waals surface area contributed by atoms with Gasteiger partial charge in [0.2, 0.25) is 24.1 Å². The molecule has 0 saturated carbocycles. The number of alkyl halides is 2. The van der Waals surface area contributed by atoms with Gasteiger partial charge in [-0.15, -0.1) is 0 Å². The maximum absolute atomic E-state index is 14.0. The minimum absolute atomic E-state index is 0.00998. The van der Waals surface area contributed by atoms with E-state index in [2.05, 4.69) is 16.0 Å². The highest BCUT2D eigenvalue weighted by atomic mass is 35.5. The first-order chi connectivity index (χ1) is 24.1. The number of amides is 4. The molecule has 1 aliphatic rings. The Hall–Kier alpha value is -4.01. The van der Waals surface area contributed by atoms with Crippen LogP contribution in [0, 0.1) is 11.8 Å². The van der Waals surface area contributed by atoms with Gasteiger partial charge in [-0.3, -0.25) is 14.4 Å². The molecule has 0 spiro atoms. The Balaban J connectivity index is 1.79. The number of carbonyl (C=O) groups excluding carboxylic acids is 4. The van der Waals surface area contributed by atoms with Crippen molar-refractivity contribution in [3.63, 3.8) is 0 Å². The lowest BCUT2D eigenvalue weighted by Crippen LogP contribution is -2.57. The highest BCUT2D eigenvalue weighted by molar-refractivity contribution is 6.36. The first kappa shape index (κ1) is 41.4. The van der Waals surface area contributed by atoms with E-state index in [1.165, 1.54) is 17.0 Å². The molecule has 51 heavy (non-hydrogen) atoms. The zero-order valence-corrected chi connectivity index (χ0v) is 30.3. The van der Waals surface area contributed by atoms with Crippen molar-refractivity contribution in [1.29, 1.82) is 0 Å². The summed E-state index contributed by atoms with van der Waals surface area (Å²) >= 11 is 12.4. The standard InChI is InChI=1S/C35H44Cl2F2N4O8/c1-19(2)17-51-35(49)42-30(20(3)4)33(46)43-16-23(50-18-21-8-10-22(11-9-21)34(47)48)14-28(43)32(45)41-27(15-29(38)39)31(44)40-13-12-24-25(36)6-5-7-26(24)37/h5-11,19-20,23,27-30H,12-18H2,1-4H3,(H,40,44)(H,41,45)(H,42,49)(H,47,48)/t23-,27+,28+,30+/m1/s1. The van der Waals surface area contributed by atoms with Gasteiger partial charge in [-0.25, -0.2) is 18.4 Å². The maximum atomic E-state index is 14.0. The molecule has 0 unspecified atom stereocenters. The molecule has 0 radical (unpaired) electrons. The number of alkyl carbamates (subject to hydrolysis) is 1. The highest BCUT2D eigenvalue weighted by Gasteiger charge is 2.44. The monoisotopic (exact) mass is 756 g/mol. The number of benzene rings is 2. The molecule has 0 bridgehead atoms. The van der Waals surface area contributed by atoms with Crippen LogP contribution in [0.1, 0.15) is 62.0 Å². The van der Waals surface area contributed by atoms with E-state index in [0.717, 1.165) is 0 Å². The fraction of sp³-hybridized carbons (Fsp3) is 0.514. The van der Waals surface area contributed by atoms with Crippen molar-refractivity contribution in [2.24, 2.45) is 11.8 Å². The molecule has 1 saturated heterocycles. The smallest absolute Gasteiger partial charge is 0.407 e. The summed E-state index contributed by atoms with van der Waals surface area (Å²) in [5.41, 5.74) is 1.27. The normalized spacial score (nSPS) is 17.0. The number of ether oxygens (including phenoxy) is 2. The fourth-order valence-electron chi connectivity index (χ4n) is 5.35. The number of halogens is 4. The van der Waals surface area contributed by atoms with Crippen LogP contribution in [0.4, 0.5) is 13.6 Å². The molecule has 4 atom stereocenters. The Labute approximate surface area is 305 Å². The van der Waals surface area contributed by atoms with Gasteiger partial charge < -0.3 is 35.4 Å². The van der Waals surface area contributed by atoms with Gasteiger partial charge >= 0.3 is 12.1 Å². The number of aromatic carboxylic acids is 1. The van der Waals surface area contributed by atoms with E-state index in [-0.39, 0.29) is 50.6 Å². The van der Waals surface area contributed by atoms with Crippen molar-refractivity contribution in [2.45, 2.75) is 84.2 Å². The van der Waals surface area contributed by atoms with Crippen LogP contribution < -0.4 is 16.0 Å². The van der Waals surface area contributed by atoms with Crippen LogP contribution in [0.5, 0.6) is 0 Å². The number of carboxylic acids is 1. The molecule has 2 aromatic rings. The molecular formula is C35H44Cl2F2N4O8. The number of nitrogens with zero attached hydrogens (tertiary/aromatic N) is 1. The van der Waals surface area contributed by atoms with Crippen molar-refractivity contribution in [2.75, 3.05) is 19.7 Å².